The van der Waals surface area contributed by atoms with Crippen molar-refractivity contribution in [2.75, 3.05) is 0 Å². The molecule has 2 heterocycles. The number of H-pyrrole nitrogens is 1. The maximum absolute atomic E-state index is 14.5. The van der Waals surface area contributed by atoms with Gasteiger partial charge >= 0.3 is 0 Å². The first-order chi connectivity index (χ1) is 15.4. The van der Waals surface area contributed by atoms with Crippen molar-refractivity contribution in [2.24, 2.45) is 13.0 Å². The second-order valence-corrected chi connectivity index (χ2v) is 8.31. The van der Waals surface area contributed by atoms with Gasteiger partial charge in [0, 0.05) is 30.6 Å². The molecule has 0 atom stereocenters. The minimum atomic E-state index is -0.681. The summed E-state index contributed by atoms with van der Waals surface area (Å²) in [5.41, 5.74) is 3.19. The van der Waals surface area contributed by atoms with Crippen LogP contribution in [0.1, 0.15) is 30.0 Å². The van der Waals surface area contributed by atoms with E-state index in [0.717, 1.165) is 17.3 Å². The number of nitrogens with zero attached hydrogens (tertiary/aromatic N) is 2. The lowest BCUT2D eigenvalue weighted by Crippen LogP contribution is -2.38. The van der Waals surface area contributed by atoms with Gasteiger partial charge in [-0.25, -0.2) is 18.2 Å². The second-order valence-electron chi connectivity index (χ2n) is 8.31. The lowest BCUT2D eigenvalue weighted by atomic mass is 9.70. The Balaban J connectivity index is 1.41. The third-order valence-corrected chi connectivity index (χ3v) is 6.27. The Morgan fingerprint density at radius 2 is 1.91 bits per heavy atom. The number of aromatic amines is 1. The van der Waals surface area contributed by atoms with E-state index >= 15 is 0 Å². The molecule has 0 aliphatic heterocycles. The molecule has 1 saturated carbocycles. The zero-order chi connectivity index (χ0) is 22.4. The molecule has 8 heteroatoms. The van der Waals surface area contributed by atoms with Gasteiger partial charge in [-0.1, -0.05) is 0 Å². The van der Waals surface area contributed by atoms with Crippen molar-refractivity contribution in [3.8, 4) is 11.3 Å². The van der Waals surface area contributed by atoms with Gasteiger partial charge in [-0.15, -0.1) is 0 Å². The van der Waals surface area contributed by atoms with Crippen LogP contribution >= 0.6 is 0 Å². The third-order valence-electron chi connectivity index (χ3n) is 6.27. The zero-order valence-corrected chi connectivity index (χ0v) is 17.3. The van der Waals surface area contributed by atoms with Crippen molar-refractivity contribution in [2.45, 2.75) is 25.3 Å². The number of benzene rings is 2. The second kappa shape index (κ2) is 7.85. The normalized spacial score (nSPS) is 18.0. The van der Waals surface area contributed by atoms with Crippen molar-refractivity contribution >= 4 is 16.8 Å². The van der Waals surface area contributed by atoms with Crippen LogP contribution in [-0.4, -0.2) is 20.4 Å². The largest absolute Gasteiger partial charge is 0.352 e. The molecular weight excluding hydrogens is 417 g/mol. The van der Waals surface area contributed by atoms with Crippen LogP contribution in [0, 0.1) is 23.4 Å². The van der Waals surface area contributed by atoms with Crippen LogP contribution in [0.4, 0.5) is 13.2 Å². The average molecular weight is 438 g/mol. The Labute approximate surface area is 182 Å². The van der Waals surface area contributed by atoms with Crippen LogP contribution in [0.15, 0.2) is 48.9 Å². The van der Waals surface area contributed by atoms with Gasteiger partial charge in [0.15, 0.2) is 0 Å². The lowest BCUT2D eigenvalue weighted by molar-refractivity contribution is -0.128. The number of hydrogen-bond acceptors (Lipinski definition) is 2. The lowest BCUT2D eigenvalue weighted by Gasteiger charge is -2.35. The van der Waals surface area contributed by atoms with Crippen molar-refractivity contribution < 1.29 is 18.0 Å². The molecule has 164 valence electrons. The highest BCUT2D eigenvalue weighted by atomic mass is 19.1. The summed E-state index contributed by atoms with van der Waals surface area (Å²) in [5.74, 6) is -2.00. The van der Waals surface area contributed by atoms with E-state index in [0.29, 0.717) is 36.0 Å². The molecule has 0 saturated heterocycles. The molecular formula is C24H21F3N4O. The number of carbonyl (C=O) groups is 1. The van der Waals surface area contributed by atoms with Crippen molar-refractivity contribution in [1.29, 1.82) is 0 Å². The van der Waals surface area contributed by atoms with E-state index < -0.39 is 11.6 Å². The molecule has 0 radical (unpaired) electrons. The predicted molar refractivity (Wildman–Crippen MR) is 114 cm³/mol. The number of aryl methyl sites for hydroxylation is 1. The number of hydrogen-bond donors (Lipinski definition) is 2. The van der Waals surface area contributed by atoms with Crippen LogP contribution in [0.2, 0.25) is 0 Å². The first-order valence-corrected chi connectivity index (χ1v) is 10.4. The smallest absolute Gasteiger partial charge is 0.223 e. The molecule has 2 aromatic carbocycles. The van der Waals surface area contributed by atoms with Gasteiger partial charge in [-0.05, 0) is 60.2 Å². The summed E-state index contributed by atoms with van der Waals surface area (Å²) in [6, 6.07) is 8.02. The van der Waals surface area contributed by atoms with Gasteiger partial charge in [-0.2, -0.15) is 0 Å². The standard InChI is InChI=1S/C24H21F3N4O/c1-31-12-28-10-18(31)11-29-24(32)15-6-14(7-15)21-19-8-17(26)9-20(27)23(19)30-22(21)13-2-4-16(25)5-3-13/h2-5,8-10,12,14-15,30H,6-7,11H2,1H3,(H,29,32)/t14-,15-. The van der Waals surface area contributed by atoms with E-state index in [1.165, 1.54) is 18.2 Å². The van der Waals surface area contributed by atoms with Gasteiger partial charge in [0.25, 0.3) is 0 Å². The maximum Gasteiger partial charge on any atom is 0.223 e. The molecule has 32 heavy (non-hydrogen) atoms. The molecule has 5 nitrogen and oxygen atoms in total. The molecule has 0 unspecified atom stereocenters. The molecule has 4 aromatic rings. The molecule has 0 bridgehead atoms. The highest BCUT2D eigenvalue weighted by Gasteiger charge is 2.38. The van der Waals surface area contributed by atoms with Gasteiger partial charge in [0.05, 0.1) is 29.8 Å². The fourth-order valence-electron chi connectivity index (χ4n) is 4.45. The molecule has 1 fully saturated rings. The highest BCUT2D eigenvalue weighted by Crippen LogP contribution is 2.48. The quantitative estimate of drug-likeness (QED) is 0.470. The summed E-state index contributed by atoms with van der Waals surface area (Å²) in [4.78, 5) is 19.7. The average Bonchev–Trinajstić information content (AvgIpc) is 3.30. The van der Waals surface area contributed by atoms with Crippen LogP contribution in [0.5, 0.6) is 0 Å². The zero-order valence-electron chi connectivity index (χ0n) is 17.3. The Hall–Kier alpha value is -3.55. The van der Waals surface area contributed by atoms with Crippen LogP contribution in [0.3, 0.4) is 0 Å². The number of imidazole rings is 1. The number of fused-ring (bicyclic) bond motifs is 1. The van der Waals surface area contributed by atoms with Gasteiger partial charge in [0.1, 0.15) is 17.5 Å². The molecule has 1 aliphatic carbocycles. The van der Waals surface area contributed by atoms with Crippen LogP contribution in [0.25, 0.3) is 22.2 Å². The third kappa shape index (κ3) is 3.55. The Morgan fingerprint density at radius 3 is 2.59 bits per heavy atom. The van der Waals surface area contributed by atoms with Gasteiger partial charge in [-0.3, -0.25) is 4.79 Å². The fourth-order valence-corrected chi connectivity index (χ4v) is 4.45. The number of amides is 1. The van der Waals surface area contributed by atoms with Gasteiger partial charge in [0.2, 0.25) is 5.91 Å². The Bertz CT molecular complexity index is 1300. The minimum absolute atomic E-state index is 0.0440. The Morgan fingerprint density at radius 1 is 1.16 bits per heavy atom. The Kier molecular flexibility index (Phi) is 5.00. The topological polar surface area (TPSA) is 62.7 Å². The molecule has 0 spiro atoms. The van der Waals surface area contributed by atoms with Crippen LogP contribution in [-0.2, 0) is 18.4 Å². The minimum Gasteiger partial charge on any atom is -0.352 e. The molecule has 2 aromatic heterocycles. The summed E-state index contributed by atoms with van der Waals surface area (Å²) in [5, 5.41) is 3.39. The van der Waals surface area contributed by atoms with Crippen molar-refractivity contribution in [3.05, 3.63) is 77.6 Å². The number of halogens is 3. The van der Waals surface area contributed by atoms with E-state index in [2.05, 4.69) is 15.3 Å². The monoisotopic (exact) mass is 438 g/mol. The summed E-state index contributed by atoms with van der Waals surface area (Å²) in [6.45, 7) is 0.390. The van der Waals surface area contributed by atoms with Gasteiger partial charge < -0.3 is 14.9 Å². The van der Waals surface area contributed by atoms with E-state index in [9.17, 15) is 18.0 Å². The number of carbonyl (C=O) groups excluding carboxylic acids is 1. The number of rotatable bonds is 5. The molecule has 1 aliphatic rings. The number of aromatic nitrogens is 3. The molecule has 2 N–H and O–H groups in total. The summed E-state index contributed by atoms with van der Waals surface area (Å²) in [7, 11) is 1.86. The summed E-state index contributed by atoms with van der Waals surface area (Å²) in [6.07, 6.45) is 4.51. The predicted octanol–water partition coefficient (Wildman–Crippen LogP) is 4.80. The van der Waals surface area contributed by atoms with E-state index in [-0.39, 0.29) is 29.1 Å². The summed E-state index contributed by atoms with van der Waals surface area (Å²) < 4.78 is 43.8. The fraction of sp³-hybridized carbons (Fsp3) is 0.250. The SMILES string of the molecule is Cn1cncc1CNC(=O)[C@H]1C[C@H](c2c(-c3ccc(F)cc3)[nH]c3c(F)cc(F)cc32)C1. The highest BCUT2D eigenvalue weighted by molar-refractivity contribution is 5.92. The van der Waals surface area contributed by atoms with E-state index in [4.69, 9.17) is 0 Å². The molecule has 5 rings (SSSR count). The van der Waals surface area contributed by atoms with E-state index in [1.807, 2.05) is 11.6 Å². The summed E-state index contributed by atoms with van der Waals surface area (Å²) >= 11 is 0. The first kappa shape index (κ1) is 20.4. The van der Waals surface area contributed by atoms with Crippen LogP contribution < -0.4 is 5.32 Å². The number of nitrogens with one attached hydrogen (secondary N) is 2. The van der Waals surface area contributed by atoms with E-state index in [1.54, 1.807) is 24.7 Å². The maximum atomic E-state index is 14.5. The first-order valence-electron chi connectivity index (χ1n) is 10.4. The molecule has 1 amide bonds. The van der Waals surface area contributed by atoms with Crippen molar-refractivity contribution in [3.63, 3.8) is 0 Å². The van der Waals surface area contributed by atoms with Crippen molar-refractivity contribution in [1.82, 2.24) is 19.9 Å².